The average Bonchev–Trinajstić information content (AvgIpc) is 2.85. The molecule has 1 amide bonds. The molecule has 2 rings (SSSR count). The van der Waals surface area contributed by atoms with E-state index in [1.165, 1.54) is 25.1 Å². The number of carbonyl (C=O) groups excluding carboxylic acids is 1. The van der Waals surface area contributed by atoms with E-state index in [0.717, 1.165) is 0 Å². The molecule has 0 radical (unpaired) electrons. The van der Waals surface area contributed by atoms with Crippen molar-refractivity contribution in [1.82, 2.24) is 9.78 Å². The Balaban J connectivity index is 2.39. The van der Waals surface area contributed by atoms with Crippen LogP contribution in [0.5, 0.6) is 11.5 Å². The minimum absolute atomic E-state index is 0.193. The number of nitrogens with one attached hydrogen (secondary N) is 1. The molecule has 2 aromatic rings. The monoisotopic (exact) mass is 286 g/mol. The number of nitriles is 1. The smallest absolute Gasteiger partial charge is 0.264 e. The normalized spacial score (nSPS) is 9.81. The van der Waals surface area contributed by atoms with E-state index in [2.05, 4.69) is 10.4 Å². The number of ether oxygens (including phenoxy) is 2. The lowest BCUT2D eigenvalue weighted by atomic mass is 10.1. The van der Waals surface area contributed by atoms with Crippen molar-refractivity contribution in [3.8, 4) is 17.6 Å². The van der Waals surface area contributed by atoms with Crippen molar-refractivity contribution in [2.75, 3.05) is 19.5 Å². The third-order valence-corrected chi connectivity index (χ3v) is 2.84. The first-order valence-electron chi connectivity index (χ1n) is 6.06. The second-order valence-corrected chi connectivity index (χ2v) is 4.17. The van der Waals surface area contributed by atoms with Crippen LogP contribution in [-0.2, 0) is 7.05 Å². The van der Waals surface area contributed by atoms with Gasteiger partial charge in [0.15, 0.2) is 5.82 Å². The van der Waals surface area contributed by atoms with E-state index < -0.39 is 5.91 Å². The third-order valence-electron chi connectivity index (χ3n) is 2.84. The molecule has 0 saturated carbocycles. The molecule has 0 atom stereocenters. The lowest BCUT2D eigenvalue weighted by molar-refractivity contribution is 0.102. The molecule has 7 nitrogen and oxygen atoms in total. The van der Waals surface area contributed by atoms with Crippen molar-refractivity contribution in [2.45, 2.75) is 0 Å². The van der Waals surface area contributed by atoms with Crippen LogP contribution in [0.2, 0.25) is 0 Å². The summed E-state index contributed by atoms with van der Waals surface area (Å²) in [6.07, 6.45) is 1.52. The number of nitrogens with zero attached hydrogens (tertiary/aromatic N) is 3. The van der Waals surface area contributed by atoms with Crippen molar-refractivity contribution in [3.63, 3.8) is 0 Å². The number of aromatic nitrogens is 2. The highest BCUT2D eigenvalue weighted by molar-refractivity contribution is 6.08. The maximum absolute atomic E-state index is 12.4. The maximum Gasteiger partial charge on any atom is 0.264 e. The summed E-state index contributed by atoms with van der Waals surface area (Å²) in [6, 6.07) is 7.00. The third kappa shape index (κ3) is 2.79. The number of carbonyl (C=O) groups is 1. The Morgan fingerprint density at radius 3 is 2.48 bits per heavy atom. The summed E-state index contributed by atoms with van der Waals surface area (Å²) in [6.45, 7) is 0. The Morgan fingerprint density at radius 2 is 1.95 bits per heavy atom. The maximum atomic E-state index is 12.4. The second-order valence-electron chi connectivity index (χ2n) is 4.17. The van der Waals surface area contributed by atoms with E-state index in [-0.39, 0.29) is 16.9 Å². The molecule has 0 spiro atoms. The van der Waals surface area contributed by atoms with Gasteiger partial charge < -0.3 is 14.8 Å². The molecule has 21 heavy (non-hydrogen) atoms. The molecule has 0 aliphatic rings. The zero-order valence-electron chi connectivity index (χ0n) is 11.9. The molecule has 1 aromatic heterocycles. The van der Waals surface area contributed by atoms with Gasteiger partial charge in [-0.1, -0.05) is 6.07 Å². The Hall–Kier alpha value is -3.01. The van der Waals surface area contributed by atoms with E-state index in [4.69, 9.17) is 14.7 Å². The van der Waals surface area contributed by atoms with Crippen molar-refractivity contribution >= 4 is 11.7 Å². The Kier molecular flexibility index (Phi) is 4.09. The first kappa shape index (κ1) is 14.4. The van der Waals surface area contributed by atoms with E-state index in [1.807, 2.05) is 6.07 Å². The molecule has 0 aliphatic heterocycles. The predicted molar refractivity (Wildman–Crippen MR) is 75.4 cm³/mol. The van der Waals surface area contributed by atoms with E-state index in [9.17, 15) is 4.79 Å². The van der Waals surface area contributed by atoms with Crippen molar-refractivity contribution < 1.29 is 14.3 Å². The summed E-state index contributed by atoms with van der Waals surface area (Å²) in [5, 5.41) is 15.6. The van der Waals surface area contributed by atoms with Gasteiger partial charge >= 0.3 is 0 Å². The average molecular weight is 286 g/mol. The summed E-state index contributed by atoms with van der Waals surface area (Å²) >= 11 is 0. The van der Waals surface area contributed by atoms with E-state index >= 15 is 0 Å². The molecule has 0 saturated heterocycles. The summed E-state index contributed by atoms with van der Waals surface area (Å²) in [7, 11) is 4.60. The second kappa shape index (κ2) is 5.96. The van der Waals surface area contributed by atoms with Gasteiger partial charge in [0.05, 0.1) is 14.2 Å². The molecule has 1 heterocycles. The standard InChI is InChI=1S/C14H14N4O3/c1-18-8-9(7-15)13(17-18)16-14(19)12-10(20-2)5-4-6-11(12)21-3/h4-6,8H,1-3H3,(H,16,17,19). The Labute approximate surface area is 121 Å². The summed E-state index contributed by atoms with van der Waals surface area (Å²) in [5.74, 6) is 0.486. The fraction of sp³-hybridized carbons (Fsp3) is 0.214. The number of anilines is 1. The minimum atomic E-state index is -0.459. The van der Waals surface area contributed by atoms with Crippen LogP contribution < -0.4 is 14.8 Å². The SMILES string of the molecule is COc1cccc(OC)c1C(=O)Nc1nn(C)cc1C#N. The number of benzene rings is 1. The Bertz CT molecular complexity index is 693. The molecule has 0 fully saturated rings. The van der Waals surface area contributed by atoms with Gasteiger partial charge in [0.25, 0.3) is 5.91 Å². The largest absolute Gasteiger partial charge is 0.496 e. The number of hydrogen-bond acceptors (Lipinski definition) is 5. The number of methoxy groups -OCH3 is 2. The topological polar surface area (TPSA) is 89.2 Å². The molecule has 7 heteroatoms. The first-order valence-corrected chi connectivity index (χ1v) is 6.06. The van der Waals surface area contributed by atoms with E-state index in [1.54, 1.807) is 25.2 Å². The van der Waals surface area contributed by atoms with Gasteiger partial charge in [-0.3, -0.25) is 9.48 Å². The van der Waals surface area contributed by atoms with Crippen LogP contribution in [0.4, 0.5) is 5.82 Å². The van der Waals surface area contributed by atoms with Gasteiger partial charge in [-0.05, 0) is 12.1 Å². The highest BCUT2D eigenvalue weighted by Gasteiger charge is 2.20. The molecule has 0 unspecified atom stereocenters. The van der Waals surface area contributed by atoms with Crippen LogP contribution >= 0.6 is 0 Å². The molecule has 0 bridgehead atoms. The van der Waals surface area contributed by atoms with Crippen LogP contribution in [0.25, 0.3) is 0 Å². The summed E-state index contributed by atoms with van der Waals surface area (Å²) < 4.78 is 11.8. The van der Waals surface area contributed by atoms with Crippen LogP contribution in [0.15, 0.2) is 24.4 Å². The summed E-state index contributed by atoms with van der Waals surface area (Å²) in [5.41, 5.74) is 0.525. The highest BCUT2D eigenvalue weighted by Crippen LogP contribution is 2.29. The van der Waals surface area contributed by atoms with Gasteiger partial charge in [-0.2, -0.15) is 10.4 Å². The summed E-state index contributed by atoms with van der Waals surface area (Å²) in [4.78, 5) is 12.4. The first-order chi connectivity index (χ1) is 10.1. The number of rotatable bonds is 4. The molecular weight excluding hydrogens is 272 g/mol. The van der Waals surface area contributed by atoms with Crippen molar-refractivity contribution in [3.05, 3.63) is 35.5 Å². The Morgan fingerprint density at radius 1 is 1.33 bits per heavy atom. The van der Waals surface area contributed by atoms with Gasteiger partial charge in [-0.15, -0.1) is 0 Å². The molecule has 1 N–H and O–H groups in total. The molecule has 1 aromatic carbocycles. The van der Waals surface area contributed by atoms with Crippen LogP contribution in [0.1, 0.15) is 15.9 Å². The van der Waals surface area contributed by atoms with Gasteiger partial charge in [0.2, 0.25) is 0 Å². The van der Waals surface area contributed by atoms with Crippen LogP contribution in [0.3, 0.4) is 0 Å². The zero-order chi connectivity index (χ0) is 15.4. The molecular formula is C14H14N4O3. The van der Waals surface area contributed by atoms with Crippen LogP contribution in [-0.4, -0.2) is 29.9 Å². The predicted octanol–water partition coefficient (Wildman–Crippen LogP) is 1.56. The fourth-order valence-electron chi connectivity index (χ4n) is 1.91. The highest BCUT2D eigenvalue weighted by atomic mass is 16.5. The van der Waals surface area contributed by atoms with Crippen molar-refractivity contribution in [1.29, 1.82) is 5.26 Å². The number of amides is 1. The molecule has 108 valence electrons. The quantitative estimate of drug-likeness (QED) is 0.921. The van der Waals surface area contributed by atoms with Crippen LogP contribution in [0, 0.1) is 11.3 Å². The lowest BCUT2D eigenvalue weighted by Crippen LogP contribution is -2.15. The van der Waals surface area contributed by atoms with Gasteiger partial charge in [-0.25, -0.2) is 0 Å². The van der Waals surface area contributed by atoms with E-state index in [0.29, 0.717) is 11.5 Å². The van der Waals surface area contributed by atoms with Gasteiger partial charge in [0, 0.05) is 13.2 Å². The zero-order valence-corrected chi connectivity index (χ0v) is 11.9. The minimum Gasteiger partial charge on any atom is -0.496 e. The fourth-order valence-corrected chi connectivity index (χ4v) is 1.91. The number of hydrogen-bond donors (Lipinski definition) is 1. The van der Waals surface area contributed by atoms with Gasteiger partial charge in [0.1, 0.15) is 28.7 Å². The lowest BCUT2D eigenvalue weighted by Gasteiger charge is -2.12. The number of aryl methyl sites for hydroxylation is 1. The van der Waals surface area contributed by atoms with Crippen molar-refractivity contribution in [2.24, 2.45) is 7.05 Å². The molecule has 0 aliphatic carbocycles.